The second-order valence-corrected chi connectivity index (χ2v) is 15.4. The molecule has 20 heteroatoms. The van der Waals surface area contributed by atoms with Crippen molar-refractivity contribution in [3.8, 4) is 0 Å². The molecule has 0 heterocycles. The number of hydrogen-bond donors (Lipinski definition) is 7. The number of fused-ring (bicyclic) bond motifs is 1. The molecule has 5 aromatic carbocycles. The summed E-state index contributed by atoms with van der Waals surface area (Å²) in [5.74, 6) is -2.36. The lowest BCUT2D eigenvalue weighted by Gasteiger charge is -2.15. The maximum absolute atomic E-state index is 13.5. The largest absolute Gasteiger partial charge is 0.326 e. The van der Waals surface area contributed by atoms with Crippen LogP contribution in [0.4, 0.5) is 22.7 Å². The van der Waals surface area contributed by atoms with E-state index in [1.165, 1.54) is 43.3 Å². The van der Waals surface area contributed by atoms with E-state index in [1.807, 2.05) is 6.92 Å². The van der Waals surface area contributed by atoms with Crippen LogP contribution in [0.5, 0.6) is 0 Å². The summed E-state index contributed by atoms with van der Waals surface area (Å²) >= 11 is 0.234. The Morgan fingerprint density at radius 3 is 2.00 bits per heavy atom. The van der Waals surface area contributed by atoms with Gasteiger partial charge in [-0.1, -0.05) is 23.2 Å². The van der Waals surface area contributed by atoms with Crippen molar-refractivity contribution >= 4 is 89.4 Å². The van der Waals surface area contributed by atoms with E-state index in [-0.39, 0.29) is 50.9 Å². The van der Waals surface area contributed by atoms with E-state index in [0.717, 1.165) is 29.8 Å². The van der Waals surface area contributed by atoms with Crippen LogP contribution in [0.1, 0.15) is 49.1 Å². The van der Waals surface area contributed by atoms with Gasteiger partial charge in [-0.25, -0.2) is 5.26 Å². The molecule has 286 valence electrons. The Hall–Kier alpha value is -5.71. The van der Waals surface area contributed by atoms with Gasteiger partial charge in [-0.15, -0.1) is 4.33 Å². The lowest BCUT2D eigenvalue weighted by atomic mass is 10.1. The van der Waals surface area contributed by atoms with Gasteiger partial charge >= 0.3 is 0 Å². The summed E-state index contributed by atoms with van der Waals surface area (Å²) in [5, 5.41) is 21.6. The van der Waals surface area contributed by atoms with Crippen LogP contribution >= 0.6 is 12.0 Å². The van der Waals surface area contributed by atoms with Gasteiger partial charge in [-0.05, 0) is 91.7 Å². The maximum atomic E-state index is 13.5. The summed E-state index contributed by atoms with van der Waals surface area (Å²) in [6.45, 7) is 4.85. The van der Waals surface area contributed by atoms with Crippen molar-refractivity contribution in [2.75, 3.05) is 21.3 Å². The zero-order chi connectivity index (χ0) is 40.2. The first-order valence-electron chi connectivity index (χ1n) is 15.6. The highest BCUT2D eigenvalue weighted by Gasteiger charge is 2.26. The predicted molar refractivity (Wildman–Crippen MR) is 201 cm³/mol. The quantitative estimate of drug-likeness (QED) is 0.0325. The Morgan fingerprint density at radius 1 is 0.655 bits per heavy atom. The van der Waals surface area contributed by atoms with Crippen molar-refractivity contribution in [2.24, 2.45) is 0 Å². The lowest BCUT2D eigenvalue weighted by Crippen LogP contribution is -2.18. The molecule has 55 heavy (non-hydrogen) atoms. The average Bonchev–Trinajstić information content (AvgIpc) is 3.10. The fourth-order valence-electron chi connectivity index (χ4n) is 5.40. The highest BCUT2D eigenvalue weighted by Crippen LogP contribution is 2.38. The van der Waals surface area contributed by atoms with Gasteiger partial charge in [-0.3, -0.25) is 28.3 Å². The fraction of sp³-hybridized carbons (Fsp3) is 0.0857. The molecule has 0 aliphatic heterocycles. The molecular formula is C35H30N4O13S3. The van der Waals surface area contributed by atoms with Crippen LogP contribution in [0.25, 0.3) is 10.8 Å². The minimum atomic E-state index is -5.13. The minimum absolute atomic E-state index is 0.0520. The van der Waals surface area contributed by atoms with E-state index in [9.17, 15) is 45.1 Å². The third-order valence-electron chi connectivity index (χ3n) is 7.84. The second kappa shape index (κ2) is 16.3. The van der Waals surface area contributed by atoms with Crippen molar-refractivity contribution < 1.29 is 59.7 Å². The number of anilines is 4. The van der Waals surface area contributed by atoms with Crippen molar-refractivity contribution in [3.63, 3.8) is 0 Å². The Balaban J connectivity index is 1.41. The molecule has 17 nitrogen and oxygen atoms in total. The molecule has 7 N–H and O–H groups in total. The highest BCUT2D eigenvalue weighted by atomic mass is 32.2. The fourth-order valence-corrected chi connectivity index (χ4v) is 7.35. The van der Waals surface area contributed by atoms with Gasteiger partial charge in [0.1, 0.15) is 9.79 Å². The molecule has 5 aromatic rings. The minimum Gasteiger partial charge on any atom is -0.326 e. The van der Waals surface area contributed by atoms with Crippen LogP contribution in [0.3, 0.4) is 0 Å². The van der Waals surface area contributed by atoms with E-state index >= 15 is 0 Å². The first-order chi connectivity index (χ1) is 25.8. The normalized spacial score (nSPS) is 11.5. The number of amides is 4. The van der Waals surface area contributed by atoms with Crippen LogP contribution in [0.15, 0.2) is 99.6 Å². The molecule has 0 saturated carbocycles. The Labute approximate surface area is 317 Å². The number of nitrogens with one attached hydrogen (secondary N) is 4. The van der Waals surface area contributed by atoms with Crippen molar-refractivity contribution in [1.29, 1.82) is 0 Å². The molecule has 0 spiro atoms. The van der Waals surface area contributed by atoms with Gasteiger partial charge < -0.3 is 21.3 Å². The topological polar surface area (TPSA) is 264 Å². The molecule has 0 saturated heterocycles. The summed E-state index contributed by atoms with van der Waals surface area (Å²) in [5.41, 5.74) is 2.23. The SMILES string of the molecule is CC(=O)Nc1cc(C)ccc1C(=O)Nc1cc(C(=O)Nc2cccc(C(=O)Nc3ccc(S(=O)(=O)O)c4cc(SOOO)cc(S(=O)(=O)O)c34)c2)ccc1C. The van der Waals surface area contributed by atoms with Gasteiger partial charge in [0.25, 0.3) is 38.0 Å². The summed E-state index contributed by atoms with van der Waals surface area (Å²) in [4.78, 5) is 49.9. The third kappa shape index (κ3) is 9.70. The summed E-state index contributed by atoms with van der Waals surface area (Å²) in [6, 6.07) is 18.9. The second-order valence-electron chi connectivity index (χ2n) is 11.8. The molecule has 0 atom stereocenters. The van der Waals surface area contributed by atoms with Gasteiger partial charge in [0.15, 0.2) is 0 Å². The predicted octanol–water partition coefficient (Wildman–Crippen LogP) is 6.09. The monoisotopic (exact) mass is 810 g/mol. The number of benzene rings is 5. The first kappa shape index (κ1) is 40.5. The van der Waals surface area contributed by atoms with Crippen LogP contribution < -0.4 is 21.3 Å². The van der Waals surface area contributed by atoms with E-state index in [1.54, 1.807) is 31.2 Å². The zero-order valence-electron chi connectivity index (χ0n) is 28.7. The van der Waals surface area contributed by atoms with E-state index in [0.29, 0.717) is 16.9 Å². The number of rotatable bonds is 12. The molecular weight excluding hydrogens is 781 g/mol. The molecule has 4 amide bonds. The van der Waals surface area contributed by atoms with Crippen molar-refractivity contribution in [3.05, 3.63) is 113 Å². The van der Waals surface area contributed by atoms with Crippen LogP contribution in [0, 0.1) is 13.8 Å². The summed E-state index contributed by atoms with van der Waals surface area (Å²) < 4.78 is 73.5. The lowest BCUT2D eigenvalue weighted by molar-refractivity contribution is -0.432. The Bertz CT molecular complexity index is 2610. The molecule has 0 fully saturated rings. The number of aryl methyl sites for hydroxylation is 2. The van der Waals surface area contributed by atoms with Crippen LogP contribution in [0.2, 0.25) is 0 Å². The van der Waals surface area contributed by atoms with Crippen LogP contribution in [-0.4, -0.2) is 54.8 Å². The summed E-state index contributed by atoms with van der Waals surface area (Å²) in [6.07, 6.45) is 0. The molecule has 0 aliphatic carbocycles. The van der Waals surface area contributed by atoms with Crippen molar-refractivity contribution in [1.82, 2.24) is 0 Å². The Morgan fingerprint density at radius 2 is 1.33 bits per heavy atom. The molecule has 0 bridgehead atoms. The molecule has 5 rings (SSSR count). The first-order valence-corrected chi connectivity index (χ1v) is 19.2. The van der Waals surface area contributed by atoms with E-state index < -0.39 is 58.5 Å². The van der Waals surface area contributed by atoms with Gasteiger partial charge in [0.2, 0.25) is 5.91 Å². The maximum Gasteiger partial charge on any atom is 0.295 e. The smallest absolute Gasteiger partial charge is 0.295 e. The van der Waals surface area contributed by atoms with Crippen molar-refractivity contribution in [2.45, 2.75) is 35.5 Å². The van der Waals surface area contributed by atoms with Gasteiger partial charge in [0, 0.05) is 45.1 Å². The molecule has 0 aromatic heterocycles. The summed E-state index contributed by atoms with van der Waals surface area (Å²) in [7, 11) is -10.1. The van der Waals surface area contributed by atoms with E-state index in [2.05, 4.69) is 30.6 Å². The third-order valence-corrected chi connectivity index (χ3v) is 10.2. The Kier molecular flexibility index (Phi) is 12.0. The number of carbonyl (C=O) groups excluding carboxylic acids is 4. The molecule has 0 radical (unpaired) electrons. The van der Waals surface area contributed by atoms with E-state index in [4.69, 9.17) is 5.26 Å². The van der Waals surface area contributed by atoms with Gasteiger partial charge in [-0.2, -0.15) is 16.8 Å². The number of hydrogen-bond acceptors (Lipinski definition) is 12. The molecule has 0 unspecified atom stereocenters. The van der Waals surface area contributed by atoms with Crippen LogP contribution in [-0.2, 0) is 34.4 Å². The average molecular weight is 811 g/mol. The molecule has 0 aliphatic rings. The highest BCUT2D eigenvalue weighted by molar-refractivity contribution is 7.94. The number of carbonyl (C=O) groups is 4. The van der Waals surface area contributed by atoms with Gasteiger partial charge in [0.05, 0.1) is 29.0 Å². The standard InChI is InChI=1S/C35H30N4O13S3/c1-18-7-10-25(29(13-18)36-20(3)40)35(43)39-28-15-22(9-8-19(28)2)33(41)37-23-6-4-5-21(14-23)34(42)38-27-11-12-30(54(45,46)47)26-16-24(53-52-51-44)17-31(32(26)27)55(48,49)50/h4-17,44H,1-3H3,(H,36,40)(H,37,41)(H,38,42)(H,39,43)(H,45,46,47)(H,48,49,50). The zero-order valence-corrected chi connectivity index (χ0v) is 31.2.